The predicted molar refractivity (Wildman–Crippen MR) is 71.2 cm³/mol. The van der Waals surface area contributed by atoms with Crippen molar-refractivity contribution < 1.29 is 13.2 Å². The first-order valence-electron chi connectivity index (χ1n) is 7.05. The number of anilines is 1. The number of aromatic nitrogens is 2. The lowest BCUT2D eigenvalue weighted by molar-refractivity contribution is -0.141. The van der Waals surface area contributed by atoms with Gasteiger partial charge in [-0.25, -0.2) is 0 Å². The number of rotatable bonds is 3. The molecule has 0 spiro atoms. The monoisotopic (exact) mass is 287 g/mol. The number of alkyl halides is 3. The van der Waals surface area contributed by atoms with Crippen molar-refractivity contribution in [3.05, 3.63) is 17.8 Å². The molecule has 6 heteroatoms. The van der Waals surface area contributed by atoms with E-state index in [4.69, 9.17) is 0 Å². The summed E-state index contributed by atoms with van der Waals surface area (Å²) in [7, 11) is 0. The van der Waals surface area contributed by atoms with Crippen LogP contribution in [-0.4, -0.2) is 16.2 Å². The quantitative estimate of drug-likeness (QED) is 0.908. The van der Waals surface area contributed by atoms with Gasteiger partial charge < -0.3 is 5.32 Å². The molecule has 20 heavy (non-hydrogen) atoms. The van der Waals surface area contributed by atoms with Crippen LogP contribution in [0.25, 0.3) is 0 Å². The maximum atomic E-state index is 12.4. The zero-order chi connectivity index (χ0) is 14.8. The fourth-order valence-electron chi connectivity index (χ4n) is 2.89. The van der Waals surface area contributed by atoms with Gasteiger partial charge in [-0.2, -0.15) is 13.2 Å². The third-order valence-electron chi connectivity index (χ3n) is 3.96. The summed E-state index contributed by atoms with van der Waals surface area (Å²) < 4.78 is 37.3. The summed E-state index contributed by atoms with van der Waals surface area (Å²) in [6.07, 6.45) is 0.125. The largest absolute Gasteiger partial charge is 0.435 e. The number of nitrogens with one attached hydrogen (secondary N) is 1. The molecule has 1 aromatic rings. The lowest BCUT2D eigenvalue weighted by atomic mass is 9.78. The van der Waals surface area contributed by atoms with E-state index in [0.717, 1.165) is 25.3 Å². The molecule has 3 nitrogen and oxygen atoms in total. The molecule has 1 N–H and O–H groups in total. The van der Waals surface area contributed by atoms with Gasteiger partial charge in [-0.3, -0.25) is 0 Å². The maximum Gasteiger partial charge on any atom is 0.435 e. The third-order valence-corrected chi connectivity index (χ3v) is 3.96. The van der Waals surface area contributed by atoms with Crippen LogP contribution in [0.4, 0.5) is 19.0 Å². The van der Waals surface area contributed by atoms with Crippen molar-refractivity contribution in [1.29, 1.82) is 0 Å². The summed E-state index contributed by atoms with van der Waals surface area (Å²) >= 11 is 0. The van der Waals surface area contributed by atoms with Crippen molar-refractivity contribution in [2.45, 2.75) is 51.7 Å². The fourth-order valence-corrected chi connectivity index (χ4v) is 2.89. The second kappa shape index (κ2) is 5.97. The highest BCUT2D eigenvalue weighted by atomic mass is 19.4. The van der Waals surface area contributed by atoms with Gasteiger partial charge in [0.2, 0.25) is 0 Å². The molecule has 2 atom stereocenters. The second-order valence-electron chi connectivity index (χ2n) is 5.74. The highest BCUT2D eigenvalue weighted by Gasteiger charge is 2.33. The summed E-state index contributed by atoms with van der Waals surface area (Å²) in [6.45, 7) is 4.37. The van der Waals surface area contributed by atoms with Crippen molar-refractivity contribution in [1.82, 2.24) is 10.2 Å². The fraction of sp³-hybridized carbons (Fsp3) is 0.714. The molecule has 1 heterocycles. The van der Waals surface area contributed by atoms with E-state index in [1.165, 1.54) is 12.5 Å². The van der Waals surface area contributed by atoms with Crippen LogP contribution in [0.15, 0.2) is 12.1 Å². The standard InChI is InChI=1S/C14H20F3N3/c1-9(2)10-5-3-4-6-11(10)18-13-8-7-12(19-20-13)14(15,16)17/h7-11H,3-6H2,1-2H3,(H,18,20). The highest BCUT2D eigenvalue weighted by molar-refractivity contribution is 5.35. The lowest BCUT2D eigenvalue weighted by Crippen LogP contribution is -2.35. The highest BCUT2D eigenvalue weighted by Crippen LogP contribution is 2.32. The first kappa shape index (κ1) is 15.1. The molecule has 1 aliphatic rings. The maximum absolute atomic E-state index is 12.4. The van der Waals surface area contributed by atoms with E-state index in [9.17, 15) is 13.2 Å². The average Bonchev–Trinajstić information content (AvgIpc) is 2.38. The molecular formula is C14H20F3N3. The van der Waals surface area contributed by atoms with Gasteiger partial charge in [0.25, 0.3) is 0 Å². The van der Waals surface area contributed by atoms with Gasteiger partial charge in [-0.1, -0.05) is 26.7 Å². The SMILES string of the molecule is CC(C)C1CCCCC1Nc1ccc(C(F)(F)F)nn1. The van der Waals surface area contributed by atoms with E-state index in [1.807, 2.05) is 0 Å². The van der Waals surface area contributed by atoms with Crippen LogP contribution in [-0.2, 0) is 6.18 Å². The molecular weight excluding hydrogens is 267 g/mol. The number of hydrogen-bond donors (Lipinski definition) is 1. The predicted octanol–water partition coefficient (Wildman–Crippen LogP) is 4.12. The Kier molecular flexibility index (Phi) is 4.50. The Morgan fingerprint density at radius 2 is 1.85 bits per heavy atom. The van der Waals surface area contributed by atoms with Crippen LogP contribution < -0.4 is 5.32 Å². The molecule has 112 valence electrons. The second-order valence-corrected chi connectivity index (χ2v) is 5.74. The molecule has 1 aromatic heterocycles. The van der Waals surface area contributed by atoms with Gasteiger partial charge in [-0.15, -0.1) is 10.2 Å². The van der Waals surface area contributed by atoms with Gasteiger partial charge in [0, 0.05) is 6.04 Å². The summed E-state index contributed by atoms with van der Waals surface area (Å²) in [5.41, 5.74) is -0.952. The molecule has 1 fully saturated rings. The molecule has 0 aliphatic heterocycles. The van der Waals surface area contributed by atoms with Gasteiger partial charge in [0.05, 0.1) is 0 Å². The molecule has 1 saturated carbocycles. The first-order valence-corrected chi connectivity index (χ1v) is 7.05. The lowest BCUT2D eigenvalue weighted by Gasteiger charge is -2.35. The molecule has 0 bridgehead atoms. The van der Waals surface area contributed by atoms with Crippen molar-refractivity contribution in [2.24, 2.45) is 11.8 Å². The Hall–Kier alpha value is -1.33. The molecule has 2 unspecified atom stereocenters. The minimum Gasteiger partial charge on any atom is -0.366 e. The van der Waals surface area contributed by atoms with E-state index in [1.54, 1.807) is 0 Å². The van der Waals surface area contributed by atoms with Crippen LogP contribution in [0, 0.1) is 11.8 Å². The van der Waals surface area contributed by atoms with E-state index in [0.29, 0.717) is 17.7 Å². The first-order chi connectivity index (χ1) is 9.38. The molecule has 0 radical (unpaired) electrons. The zero-order valence-corrected chi connectivity index (χ0v) is 11.7. The summed E-state index contributed by atoms with van der Waals surface area (Å²) in [6, 6.07) is 2.61. The van der Waals surface area contributed by atoms with Crippen LogP contribution in [0.3, 0.4) is 0 Å². The van der Waals surface area contributed by atoms with Crippen molar-refractivity contribution in [3.8, 4) is 0 Å². The van der Waals surface area contributed by atoms with Crippen LogP contribution >= 0.6 is 0 Å². The molecule has 2 rings (SSSR count). The Labute approximate surface area is 117 Å². The smallest absolute Gasteiger partial charge is 0.366 e. The number of halogens is 3. The summed E-state index contributed by atoms with van der Waals surface area (Å²) in [5.74, 6) is 1.51. The topological polar surface area (TPSA) is 37.8 Å². The van der Waals surface area contributed by atoms with Crippen LogP contribution in [0.1, 0.15) is 45.2 Å². The Morgan fingerprint density at radius 3 is 2.40 bits per heavy atom. The Balaban J connectivity index is 2.05. The Morgan fingerprint density at radius 1 is 1.15 bits per heavy atom. The van der Waals surface area contributed by atoms with Crippen molar-refractivity contribution in [3.63, 3.8) is 0 Å². The number of hydrogen-bond acceptors (Lipinski definition) is 3. The van der Waals surface area contributed by atoms with Crippen LogP contribution in [0.2, 0.25) is 0 Å². The molecule has 0 saturated heterocycles. The van der Waals surface area contributed by atoms with Gasteiger partial charge >= 0.3 is 6.18 Å². The van der Waals surface area contributed by atoms with Crippen molar-refractivity contribution in [2.75, 3.05) is 5.32 Å². The summed E-state index contributed by atoms with van der Waals surface area (Å²) in [4.78, 5) is 0. The normalized spacial score (nSPS) is 23.9. The van der Waals surface area contributed by atoms with E-state index < -0.39 is 11.9 Å². The minimum atomic E-state index is -4.43. The van der Waals surface area contributed by atoms with E-state index in [2.05, 4.69) is 29.4 Å². The van der Waals surface area contributed by atoms with Gasteiger partial charge in [-0.05, 0) is 36.8 Å². The Bertz CT molecular complexity index is 428. The van der Waals surface area contributed by atoms with E-state index >= 15 is 0 Å². The zero-order valence-electron chi connectivity index (χ0n) is 11.7. The molecule has 1 aliphatic carbocycles. The third kappa shape index (κ3) is 3.61. The van der Waals surface area contributed by atoms with Gasteiger partial charge in [0.15, 0.2) is 5.69 Å². The van der Waals surface area contributed by atoms with Gasteiger partial charge in [0.1, 0.15) is 5.82 Å². The number of nitrogens with zero attached hydrogens (tertiary/aromatic N) is 2. The minimum absolute atomic E-state index is 0.273. The van der Waals surface area contributed by atoms with E-state index in [-0.39, 0.29) is 6.04 Å². The van der Waals surface area contributed by atoms with Crippen molar-refractivity contribution >= 4 is 5.82 Å². The summed E-state index contributed by atoms with van der Waals surface area (Å²) in [5, 5.41) is 10.1. The molecule has 0 aromatic carbocycles. The molecule has 0 amide bonds. The average molecular weight is 287 g/mol. The van der Waals surface area contributed by atoms with Crippen LogP contribution in [0.5, 0.6) is 0 Å².